The zero-order valence-corrected chi connectivity index (χ0v) is 13.7. The summed E-state index contributed by atoms with van der Waals surface area (Å²) >= 11 is 0. The normalized spacial score (nSPS) is 10.2. The second-order valence-electron chi connectivity index (χ2n) is 5.02. The van der Waals surface area contributed by atoms with Crippen molar-refractivity contribution in [1.82, 2.24) is 4.90 Å². The summed E-state index contributed by atoms with van der Waals surface area (Å²) in [4.78, 5) is 12.0. The molecule has 0 spiro atoms. The fraction of sp³-hybridized carbons (Fsp3) is 0.562. The van der Waals surface area contributed by atoms with E-state index < -0.39 is 5.97 Å². The number of aliphatic hydroxyl groups excluding tert-OH is 3. The molecule has 0 amide bonds. The van der Waals surface area contributed by atoms with E-state index in [-0.39, 0.29) is 26.4 Å². The van der Waals surface area contributed by atoms with Gasteiger partial charge in [-0.3, -0.25) is 4.90 Å². The van der Waals surface area contributed by atoms with E-state index >= 15 is 0 Å². The standard InChI is InChI=1S/C10H12O3.C6H15NO3/c1-7-3-8(2)5-9(4-7)13-6-10(11)12;8-4-1-7(2-5-9)3-6-10/h3-5H,6H2,1-2H3,(H,11,12);8-10H,1-6H2. The van der Waals surface area contributed by atoms with Crippen molar-refractivity contribution in [2.45, 2.75) is 13.8 Å². The maximum absolute atomic E-state index is 10.2. The van der Waals surface area contributed by atoms with Crippen molar-refractivity contribution in [3.05, 3.63) is 29.3 Å². The lowest BCUT2D eigenvalue weighted by molar-refractivity contribution is -0.139. The first-order valence-corrected chi connectivity index (χ1v) is 7.40. The van der Waals surface area contributed by atoms with Crippen LogP contribution in [0, 0.1) is 13.8 Å². The van der Waals surface area contributed by atoms with Crippen LogP contribution in [0.5, 0.6) is 5.75 Å². The topological polar surface area (TPSA) is 110 Å². The van der Waals surface area contributed by atoms with Gasteiger partial charge in [0.25, 0.3) is 0 Å². The molecule has 0 bridgehead atoms. The molecule has 1 aromatic carbocycles. The van der Waals surface area contributed by atoms with Crippen LogP contribution in [0.4, 0.5) is 0 Å². The Hall–Kier alpha value is -1.67. The van der Waals surface area contributed by atoms with Gasteiger partial charge in [0.05, 0.1) is 19.8 Å². The van der Waals surface area contributed by atoms with Gasteiger partial charge in [0.15, 0.2) is 6.61 Å². The summed E-state index contributed by atoms with van der Waals surface area (Å²) < 4.78 is 5.03. The number of aryl methyl sites for hydroxylation is 2. The number of benzene rings is 1. The van der Waals surface area contributed by atoms with Gasteiger partial charge in [0.2, 0.25) is 0 Å². The predicted octanol–water partition coefficient (Wildman–Crippen LogP) is 0.0321. The van der Waals surface area contributed by atoms with Gasteiger partial charge in [-0.15, -0.1) is 0 Å². The maximum Gasteiger partial charge on any atom is 0.341 e. The molecular weight excluding hydrogens is 302 g/mol. The summed E-state index contributed by atoms with van der Waals surface area (Å²) in [7, 11) is 0. The van der Waals surface area contributed by atoms with Crippen molar-refractivity contribution >= 4 is 5.97 Å². The number of carboxylic acid groups (broad SMARTS) is 1. The van der Waals surface area contributed by atoms with Crippen molar-refractivity contribution in [3.63, 3.8) is 0 Å². The monoisotopic (exact) mass is 329 g/mol. The zero-order chi connectivity index (χ0) is 17.7. The van der Waals surface area contributed by atoms with Crippen molar-refractivity contribution < 1.29 is 30.0 Å². The van der Waals surface area contributed by atoms with Crippen LogP contribution in [-0.2, 0) is 4.79 Å². The number of carbonyl (C=O) groups is 1. The van der Waals surface area contributed by atoms with Crippen molar-refractivity contribution in [3.8, 4) is 5.75 Å². The number of hydrogen-bond acceptors (Lipinski definition) is 6. The molecular formula is C16H27NO6. The lowest BCUT2D eigenvalue weighted by Crippen LogP contribution is -2.32. The van der Waals surface area contributed by atoms with Gasteiger partial charge in [-0.05, 0) is 37.1 Å². The molecule has 0 heterocycles. The third-order valence-electron chi connectivity index (χ3n) is 2.81. The Labute approximate surface area is 136 Å². The van der Waals surface area contributed by atoms with Crippen molar-refractivity contribution in [2.24, 2.45) is 0 Å². The number of rotatable bonds is 9. The molecule has 4 N–H and O–H groups in total. The molecule has 0 saturated heterocycles. The first-order chi connectivity index (χ1) is 10.9. The summed E-state index contributed by atoms with van der Waals surface area (Å²) in [5.41, 5.74) is 2.14. The van der Waals surface area contributed by atoms with Gasteiger partial charge < -0.3 is 25.2 Å². The number of aliphatic hydroxyl groups is 3. The van der Waals surface area contributed by atoms with Crippen LogP contribution in [0.3, 0.4) is 0 Å². The van der Waals surface area contributed by atoms with E-state index in [1.165, 1.54) is 0 Å². The molecule has 132 valence electrons. The molecule has 1 aromatic rings. The highest BCUT2D eigenvalue weighted by atomic mass is 16.5. The SMILES string of the molecule is Cc1cc(C)cc(OCC(=O)O)c1.OCCN(CCO)CCO. The molecule has 0 unspecified atom stereocenters. The third kappa shape index (κ3) is 11.5. The number of hydrogen-bond donors (Lipinski definition) is 4. The van der Waals surface area contributed by atoms with Gasteiger partial charge in [-0.25, -0.2) is 4.79 Å². The van der Waals surface area contributed by atoms with Gasteiger partial charge >= 0.3 is 5.97 Å². The van der Waals surface area contributed by atoms with Crippen LogP contribution in [0.25, 0.3) is 0 Å². The maximum atomic E-state index is 10.2. The van der Waals surface area contributed by atoms with Crippen molar-refractivity contribution in [1.29, 1.82) is 0 Å². The summed E-state index contributed by atoms with van der Waals surface area (Å²) in [6.45, 7) is 5.35. The van der Waals surface area contributed by atoms with E-state index in [9.17, 15) is 4.79 Å². The molecule has 0 fully saturated rings. The minimum Gasteiger partial charge on any atom is -0.482 e. The fourth-order valence-corrected chi connectivity index (χ4v) is 1.92. The Morgan fingerprint density at radius 1 is 0.957 bits per heavy atom. The van der Waals surface area contributed by atoms with E-state index in [2.05, 4.69) is 0 Å². The smallest absolute Gasteiger partial charge is 0.341 e. The Morgan fingerprint density at radius 2 is 1.39 bits per heavy atom. The second-order valence-corrected chi connectivity index (χ2v) is 5.02. The van der Waals surface area contributed by atoms with Crippen LogP contribution in [0.2, 0.25) is 0 Å². The number of nitrogens with zero attached hydrogens (tertiary/aromatic N) is 1. The highest BCUT2D eigenvalue weighted by Crippen LogP contribution is 2.15. The second kappa shape index (κ2) is 12.8. The predicted molar refractivity (Wildman–Crippen MR) is 86.7 cm³/mol. The summed E-state index contributed by atoms with van der Waals surface area (Å²) in [6, 6.07) is 5.64. The van der Waals surface area contributed by atoms with Gasteiger partial charge in [0.1, 0.15) is 5.75 Å². The van der Waals surface area contributed by atoms with Crippen LogP contribution >= 0.6 is 0 Å². The van der Waals surface area contributed by atoms with E-state index in [1.807, 2.05) is 32.0 Å². The molecule has 0 saturated carbocycles. The largest absolute Gasteiger partial charge is 0.482 e. The van der Waals surface area contributed by atoms with Gasteiger partial charge in [0, 0.05) is 19.6 Å². The molecule has 0 radical (unpaired) electrons. The molecule has 7 nitrogen and oxygen atoms in total. The third-order valence-corrected chi connectivity index (χ3v) is 2.81. The first kappa shape index (κ1) is 21.3. The zero-order valence-electron chi connectivity index (χ0n) is 13.7. The average Bonchev–Trinajstić information content (AvgIpc) is 2.46. The Balaban J connectivity index is 0.000000438. The summed E-state index contributed by atoms with van der Waals surface area (Å²) in [5.74, 6) is -0.348. The highest BCUT2D eigenvalue weighted by molar-refractivity contribution is 5.68. The Morgan fingerprint density at radius 3 is 1.74 bits per heavy atom. The number of ether oxygens (including phenoxy) is 1. The first-order valence-electron chi connectivity index (χ1n) is 7.40. The van der Waals surface area contributed by atoms with E-state index in [1.54, 1.807) is 4.90 Å². The average molecular weight is 329 g/mol. The number of carboxylic acids is 1. The lowest BCUT2D eigenvalue weighted by atomic mass is 10.1. The molecule has 0 aromatic heterocycles. The highest BCUT2D eigenvalue weighted by Gasteiger charge is 2.01. The van der Waals surface area contributed by atoms with Crippen molar-refractivity contribution in [2.75, 3.05) is 46.1 Å². The summed E-state index contributed by atoms with van der Waals surface area (Å²) in [5, 5.41) is 33.8. The minimum absolute atomic E-state index is 0.0694. The van der Waals surface area contributed by atoms with Crippen LogP contribution in [-0.4, -0.2) is 77.4 Å². The Bertz CT molecular complexity index is 418. The number of aliphatic carboxylic acids is 1. The van der Waals surface area contributed by atoms with Crippen LogP contribution in [0.1, 0.15) is 11.1 Å². The van der Waals surface area contributed by atoms with Crippen LogP contribution in [0.15, 0.2) is 18.2 Å². The molecule has 23 heavy (non-hydrogen) atoms. The Kier molecular flexibility index (Phi) is 11.9. The summed E-state index contributed by atoms with van der Waals surface area (Å²) in [6.07, 6.45) is 0. The molecule has 1 rings (SSSR count). The quantitative estimate of drug-likeness (QED) is 0.506. The molecule has 7 heteroatoms. The molecule has 0 aliphatic rings. The van der Waals surface area contributed by atoms with Gasteiger partial charge in [-0.2, -0.15) is 0 Å². The molecule has 0 atom stereocenters. The van der Waals surface area contributed by atoms with Gasteiger partial charge in [-0.1, -0.05) is 6.07 Å². The van der Waals surface area contributed by atoms with E-state index in [0.717, 1.165) is 11.1 Å². The fourth-order valence-electron chi connectivity index (χ4n) is 1.92. The van der Waals surface area contributed by atoms with E-state index in [0.29, 0.717) is 25.4 Å². The van der Waals surface area contributed by atoms with E-state index in [4.69, 9.17) is 25.2 Å². The molecule has 0 aliphatic heterocycles. The molecule has 0 aliphatic carbocycles. The lowest BCUT2D eigenvalue weighted by Gasteiger charge is -2.17. The van der Waals surface area contributed by atoms with Crippen LogP contribution < -0.4 is 4.74 Å². The minimum atomic E-state index is -0.959.